The first kappa shape index (κ1) is 14.3. The number of thiophene rings is 1. The van der Waals surface area contributed by atoms with Crippen molar-refractivity contribution in [2.75, 3.05) is 7.11 Å². The molecule has 19 heavy (non-hydrogen) atoms. The molecule has 2 rings (SSSR count). The van der Waals surface area contributed by atoms with Gasteiger partial charge in [0.25, 0.3) is 0 Å². The van der Waals surface area contributed by atoms with Crippen LogP contribution in [0.25, 0.3) is 0 Å². The van der Waals surface area contributed by atoms with Crippen LogP contribution in [-0.2, 0) is 6.42 Å². The molecule has 102 valence electrons. The molecule has 3 nitrogen and oxygen atoms in total. The third-order valence-corrected chi connectivity index (χ3v) is 4.49. The quantitative estimate of drug-likeness (QED) is 0.656. The minimum Gasteiger partial charge on any atom is -0.496 e. The van der Waals surface area contributed by atoms with Crippen molar-refractivity contribution in [3.05, 3.63) is 50.7 Å². The van der Waals surface area contributed by atoms with Gasteiger partial charge in [-0.25, -0.2) is 0 Å². The van der Waals surface area contributed by atoms with Crippen molar-refractivity contribution in [2.45, 2.75) is 19.4 Å². The molecule has 0 aliphatic rings. The highest BCUT2D eigenvalue weighted by Crippen LogP contribution is 2.32. The molecule has 1 aromatic carbocycles. The first-order valence-corrected chi connectivity index (χ1v) is 7.24. The number of hydrazine groups is 1. The van der Waals surface area contributed by atoms with Crippen LogP contribution in [0.4, 0.5) is 0 Å². The van der Waals surface area contributed by atoms with E-state index in [1.807, 2.05) is 23.6 Å². The normalized spacial score (nSPS) is 12.4. The molecule has 0 fully saturated rings. The predicted molar refractivity (Wildman–Crippen MR) is 80.8 cm³/mol. The van der Waals surface area contributed by atoms with Gasteiger partial charge >= 0.3 is 0 Å². The largest absolute Gasteiger partial charge is 0.496 e. The Morgan fingerprint density at radius 2 is 2.21 bits per heavy atom. The summed E-state index contributed by atoms with van der Waals surface area (Å²) in [5.74, 6) is 6.54. The number of benzene rings is 1. The first-order valence-electron chi connectivity index (χ1n) is 5.98. The Hall–Kier alpha value is -1.07. The highest BCUT2D eigenvalue weighted by Gasteiger charge is 2.17. The molecule has 5 heteroatoms. The number of methoxy groups -OCH3 is 1. The van der Waals surface area contributed by atoms with Crippen molar-refractivity contribution < 1.29 is 4.74 Å². The molecule has 0 aliphatic carbocycles. The number of rotatable bonds is 5. The lowest BCUT2D eigenvalue weighted by molar-refractivity contribution is 0.406. The lowest BCUT2D eigenvalue weighted by Crippen LogP contribution is -2.29. The van der Waals surface area contributed by atoms with Crippen LogP contribution in [0, 0.1) is 6.92 Å². The van der Waals surface area contributed by atoms with Crippen molar-refractivity contribution in [1.82, 2.24) is 5.43 Å². The van der Waals surface area contributed by atoms with Crippen molar-refractivity contribution in [2.24, 2.45) is 5.84 Å². The second-order valence-corrected chi connectivity index (χ2v) is 5.73. The van der Waals surface area contributed by atoms with Crippen LogP contribution in [0.3, 0.4) is 0 Å². The van der Waals surface area contributed by atoms with Crippen LogP contribution in [0.15, 0.2) is 29.6 Å². The predicted octanol–water partition coefficient (Wildman–Crippen LogP) is 3.47. The lowest BCUT2D eigenvalue weighted by atomic mass is 10.0. The van der Waals surface area contributed by atoms with Gasteiger partial charge in [0.2, 0.25) is 0 Å². The summed E-state index contributed by atoms with van der Waals surface area (Å²) in [6, 6.07) is 8.01. The van der Waals surface area contributed by atoms with Crippen LogP contribution in [0.1, 0.15) is 22.0 Å². The fourth-order valence-electron chi connectivity index (χ4n) is 2.07. The number of nitrogens with one attached hydrogen (secondary N) is 1. The van der Waals surface area contributed by atoms with Crippen molar-refractivity contribution in [3.8, 4) is 5.75 Å². The highest BCUT2D eigenvalue weighted by molar-refractivity contribution is 7.10. The Labute approximate surface area is 122 Å². The zero-order valence-electron chi connectivity index (χ0n) is 10.9. The topological polar surface area (TPSA) is 47.3 Å². The van der Waals surface area contributed by atoms with E-state index in [4.69, 9.17) is 22.2 Å². The fourth-order valence-corrected chi connectivity index (χ4v) is 3.32. The smallest absolute Gasteiger partial charge is 0.122 e. The molecule has 0 saturated heterocycles. The SMILES string of the molecule is COc1ccc(C)cc1CC(NN)c1sccc1Cl. The van der Waals surface area contributed by atoms with Crippen LogP contribution in [0.2, 0.25) is 5.02 Å². The molecular weight excluding hydrogens is 280 g/mol. The van der Waals surface area contributed by atoms with Crippen LogP contribution in [0.5, 0.6) is 5.75 Å². The highest BCUT2D eigenvalue weighted by atomic mass is 35.5. The molecule has 0 bridgehead atoms. The summed E-state index contributed by atoms with van der Waals surface area (Å²) >= 11 is 7.77. The van der Waals surface area contributed by atoms with E-state index in [1.165, 1.54) is 5.56 Å². The van der Waals surface area contributed by atoms with Crippen molar-refractivity contribution in [3.63, 3.8) is 0 Å². The van der Waals surface area contributed by atoms with Crippen LogP contribution < -0.4 is 16.0 Å². The Bertz CT molecular complexity index is 556. The Balaban J connectivity index is 2.28. The third-order valence-electron chi connectivity index (χ3n) is 3.02. The molecule has 0 saturated carbocycles. The zero-order valence-corrected chi connectivity index (χ0v) is 12.5. The van der Waals surface area contributed by atoms with Gasteiger partial charge in [-0.15, -0.1) is 11.3 Å². The molecule has 0 amide bonds. The second kappa shape index (κ2) is 6.39. The molecule has 0 aliphatic heterocycles. The van der Waals surface area contributed by atoms with Gasteiger partial charge in [0, 0.05) is 4.88 Å². The standard InChI is InChI=1S/C14H17ClN2OS/c1-9-3-4-13(18-2)10(7-9)8-12(17-16)14-11(15)5-6-19-14/h3-7,12,17H,8,16H2,1-2H3. The summed E-state index contributed by atoms with van der Waals surface area (Å²) in [5.41, 5.74) is 5.15. The molecule has 1 aromatic heterocycles. The minimum absolute atomic E-state index is 0.0109. The van der Waals surface area contributed by atoms with Gasteiger partial charge in [0.1, 0.15) is 5.75 Å². The summed E-state index contributed by atoms with van der Waals surface area (Å²) < 4.78 is 5.40. The first-order chi connectivity index (χ1) is 9.15. The van der Waals surface area contributed by atoms with Gasteiger partial charge in [0.05, 0.1) is 18.2 Å². The molecule has 2 aromatic rings. The molecule has 1 heterocycles. The van der Waals surface area contributed by atoms with E-state index in [1.54, 1.807) is 18.4 Å². The Morgan fingerprint density at radius 1 is 1.42 bits per heavy atom. The fraction of sp³-hybridized carbons (Fsp3) is 0.286. The van der Waals surface area contributed by atoms with Gasteiger partial charge in [-0.1, -0.05) is 29.3 Å². The van der Waals surface area contributed by atoms with Gasteiger partial charge in [-0.3, -0.25) is 11.3 Å². The van der Waals surface area contributed by atoms with E-state index in [-0.39, 0.29) is 6.04 Å². The molecule has 3 N–H and O–H groups in total. The molecule has 0 spiro atoms. The van der Waals surface area contributed by atoms with E-state index in [0.29, 0.717) is 0 Å². The van der Waals surface area contributed by atoms with E-state index >= 15 is 0 Å². The summed E-state index contributed by atoms with van der Waals surface area (Å²) in [4.78, 5) is 1.05. The van der Waals surface area contributed by atoms with E-state index in [2.05, 4.69) is 18.4 Å². The number of halogens is 1. The maximum absolute atomic E-state index is 6.17. The summed E-state index contributed by atoms with van der Waals surface area (Å²) in [6.07, 6.45) is 0.738. The number of ether oxygens (including phenoxy) is 1. The average Bonchev–Trinajstić information content (AvgIpc) is 2.82. The third kappa shape index (κ3) is 3.28. The summed E-state index contributed by atoms with van der Waals surface area (Å²) in [6.45, 7) is 2.06. The maximum atomic E-state index is 6.17. The van der Waals surface area contributed by atoms with E-state index < -0.39 is 0 Å². The van der Waals surface area contributed by atoms with Crippen molar-refractivity contribution >= 4 is 22.9 Å². The van der Waals surface area contributed by atoms with Crippen molar-refractivity contribution in [1.29, 1.82) is 0 Å². The molecule has 1 atom stereocenters. The molecule has 0 radical (unpaired) electrons. The second-order valence-electron chi connectivity index (χ2n) is 4.37. The molecular formula is C14H17ClN2OS. The van der Waals surface area contributed by atoms with Crippen LogP contribution in [-0.4, -0.2) is 7.11 Å². The lowest BCUT2D eigenvalue weighted by Gasteiger charge is -2.17. The van der Waals surface area contributed by atoms with Crippen LogP contribution >= 0.6 is 22.9 Å². The van der Waals surface area contributed by atoms with Gasteiger partial charge in [0.15, 0.2) is 0 Å². The zero-order chi connectivity index (χ0) is 13.8. The van der Waals surface area contributed by atoms with E-state index in [9.17, 15) is 0 Å². The number of hydrogen-bond acceptors (Lipinski definition) is 4. The number of aryl methyl sites for hydroxylation is 1. The van der Waals surface area contributed by atoms with Gasteiger partial charge < -0.3 is 4.74 Å². The van der Waals surface area contributed by atoms with Gasteiger partial charge in [-0.05, 0) is 36.4 Å². The number of nitrogens with two attached hydrogens (primary N) is 1. The molecule has 1 unspecified atom stereocenters. The Morgan fingerprint density at radius 3 is 2.79 bits per heavy atom. The minimum atomic E-state index is -0.0109. The Kier molecular flexibility index (Phi) is 4.82. The monoisotopic (exact) mass is 296 g/mol. The maximum Gasteiger partial charge on any atom is 0.122 e. The average molecular weight is 297 g/mol. The van der Waals surface area contributed by atoms with Gasteiger partial charge in [-0.2, -0.15) is 0 Å². The number of hydrogen-bond donors (Lipinski definition) is 2. The summed E-state index contributed by atoms with van der Waals surface area (Å²) in [5, 5.41) is 2.72. The van der Waals surface area contributed by atoms with E-state index in [0.717, 1.165) is 27.6 Å². The summed E-state index contributed by atoms with van der Waals surface area (Å²) in [7, 11) is 1.68.